The van der Waals surface area contributed by atoms with E-state index < -0.39 is 17.9 Å². The van der Waals surface area contributed by atoms with Crippen molar-refractivity contribution < 1.29 is 33.3 Å². The number of esters is 1. The highest BCUT2D eigenvalue weighted by Crippen LogP contribution is 2.36. The van der Waals surface area contributed by atoms with Crippen molar-refractivity contribution in [1.82, 2.24) is 16.1 Å². The van der Waals surface area contributed by atoms with Gasteiger partial charge >= 0.3 is 5.97 Å². The number of carbonyl (C=O) groups excluding carboxylic acids is 2. The van der Waals surface area contributed by atoms with Crippen LogP contribution in [0.1, 0.15) is 36.6 Å². The fourth-order valence-electron chi connectivity index (χ4n) is 4.59. The number of nitrogens with one attached hydrogen (secondary N) is 3. The molecule has 0 saturated heterocycles. The van der Waals surface area contributed by atoms with Gasteiger partial charge < -0.3 is 34.3 Å². The lowest BCUT2D eigenvalue weighted by Gasteiger charge is -2.30. The summed E-state index contributed by atoms with van der Waals surface area (Å²) in [6.45, 7) is 3.97. The monoisotopic (exact) mass is 806 g/mol. The van der Waals surface area contributed by atoms with Gasteiger partial charge in [-0.3, -0.25) is 4.79 Å². The molecule has 0 aliphatic carbocycles. The van der Waals surface area contributed by atoms with Gasteiger partial charge in [-0.1, -0.05) is 24.3 Å². The first-order valence-electron chi connectivity index (χ1n) is 13.7. The summed E-state index contributed by atoms with van der Waals surface area (Å²) >= 11 is 11.1. The van der Waals surface area contributed by atoms with E-state index >= 15 is 0 Å². The molecule has 1 amide bonds. The van der Waals surface area contributed by atoms with E-state index in [1.165, 1.54) is 6.21 Å². The second kappa shape index (κ2) is 14.9. The Labute approximate surface area is 286 Å². The van der Waals surface area contributed by atoms with Gasteiger partial charge in [0, 0.05) is 11.3 Å². The van der Waals surface area contributed by atoms with Crippen molar-refractivity contribution in [3.05, 3.63) is 90.6 Å². The predicted molar refractivity (Wildman–Crippen MR) is 182 cm³/mol. The van der Waals surface area contributed by atoms with Crippen LogP contribution < -0.4 is 35.0 Å². The molecule has 45 heavy (non-hydrogen) atoms. The van der Waals surface area contributed by atoms with Gasteiger partial charge in [-0.15, -0.1) is 0 Å². The third-order valence-electron chi connectivity index (χ3n) is 6.60. The molecule has 5 rings (SSSR count). The van der Waals surface area contributed by atoms with Crippen molar-refractivity contribution in [3.8, 4) is 23.0 Å². The number of rotatable bonds is 11. The number of hydrogen-bond donors (Lipinski definition) is 3. The fourth-order valence-corrected chi connectivity index (χ4v) is 6.63. The Morgan fingerprint density at radius 2 is 1.96 bits per heavy atom. The van der Waals surface area contributed by atoms with Crippen molar-refractivity contribution in [3.63, 3.8) is 0 Å². The Kier molecular flexibility index (Phi) is 10.8. The number of ether oxygens (including phenoxy) is 5. The van der Waals surface area contributed by atoms with Gasteiger partial charge in [0.1, 0.15) is 18.1 Å². The minimum atomic E-state index is -0.625. The Balaban J connectivity index is 1.18. The van der Waals surface area contributed by atoms with Gasteiger partial charge in [0.2, 0.25) is 6.79 Å². The molecule has 0 unspecified atom stereocenters. The van der Waals surface area contributed by atoms with E-state index in [1.54, 1.807) is 32.0 Å². The van der Waals surface area contributed by atoms with E-state index in [4.69, 9.17) is 35.9 Å². The summed E-state index contributed by atoms with van der Waals surface area (Å²) in [6.07, 6.45) is 1.53. The zero-order valence-corrected chi connectivity index (χ0v) is 28.7. The summed E-state index contributed by atoms with van der Waals surface area (Å²) in [6, 6.07) is 15.9. The van der Waals surface area contributed by atoms with Gasteiger partial charge in [0.15, 0.2) is 23.2 Å². The van der Waals surface area contributed by atoms with E-state index in [1.807, 2.05) is 36.4 Å². The molecule has 0 aromatic heterocycles. The van der Waals surface area contributed by atoms with Crippen LogP contribution >= 0.6 is 50.7 Å². The second-order valence-electron chi connectivity index (χ2n) is 9.70. The van der Waals surface area contributed by atoms with E-state index in [0.717, 1.165) is 24.9 Å². The second-order valence-corrected chi connectivity index (χ2v) is 12.1. The average molecular weight is 807 g/mol. The van der Waals surface area contributed by atoms with Crippen molar-refractivity contribution in [2.45, 2.75) is 26.5 Å². The van der Waals surface area contributed by atoms with E-state index in [-0.39, 0.29) is 20.0 Å². The lowest BCUT2D eigenvalue weighted by molar-refractivity contribution is -0.139. The maximum atomic E-state index is 12.8. The number of para-hydroxylation sites is 1. The molecule has 1 atom stereocenters. The number of carbonyl (C=O) groups is 2. The SMILES string of the molecule is CCOC(=O)C1=C(C)NC(=S)N[C@H]1c1ccccc1OCC(=O)NN=Cc1cc(Br)c(OCc2ccc3c(c2)OCO3)c(I)c1. The van der Waals surface area contributed by atoms with Gasteiger partial charge in [0.05, 0.1) is 32.5 Å². The standard InChI is InChI=1S/C31H28BrIN4O7S/c1-3-40-30(39)27-17(2)35-31(45)36-28(27)20-6-4-5-7-23(20)41-15-26(38)37-34-13-19-10-21(32)29(22(33)11-19)42-14-18-8-9-24-25(12-18)44-16-43-24/h4-13,28H,3,14-16H2,1-2H3,(H,37,38)(H2,35,36,45)/t28-/m0/s1. The lowest BCUT2D eigenvalue weighted by Crippen LogP contribution is -2.45. The number of amides is 1. The van der Waals surface area contributed by atoms with Crippen LogP contribution in [-0.2, 0) is 20.9 Å². The number of thiocarbonyl (C=S) groups is 1. The number of allylic oxidation sites excluding steroid dienone is 1. The van der Waals surface area contributed by atoms with Gasteiger partial charge in [-0.05, 0) is 106 Å². The third-order valence-corrected chi connectivity index (χ3v) is 8.21. The first-order chi connectivity index (χ1) is 21.7. The molecule has 14 heteroatoms. The van der Waals surface area contributed by atoms with E-state index in [9.17, 15) is 9.59 Å². The van der Waals surface area contributed by atoms with E-state index in [2.05, 4.69) is 59.7 Å². The first-order valence-corrected chi connectivity index (χ1v) is 16.0. The quantitative estimate of drug-likeness (QED) is 0.0778. The van der Waals surface area contributed by atoms with Crippen LogP contribution in [0.5, 0.6) is 23.0 Å². The zero-order chi connectivity index (χ0) is 31.9. The minimum Gasteiger partial charge on any atom is -0.487 e. The van der Waals surface area contributed by atoms with Crippen molar-refractivity contribution in [1.29, 1.82) is 0 Å². The Hall–Kier alpha value is -3.89. The molecule has 0 fully saturated rings. The molecule has 0 spiro atoms. The zero-order valence-electron chi connectivity index (χ0n) is 24.1. The van der Waals surface area contributed by atoms with Crippen LogP contribution in [0.3, 0.4) is 0 Å². The summed E-state index contributed by atoms with van der Waals surface area (Å²) in [5, 5.41) is 10.5. The minimum absolute atomic E-state index is 0.218. The lowest BCUT2D eigenvalue weighted by atomic mass is 9.95. The topological polar surface area (TPSA) is 129 Å². The smallest absolute Gasteiger partial charge is 0.338 e. The van der Waals surface area contributed by atoms with E-state index in [0.29, 0.717) is 45.8 Å². The van der Waals surface area contributed by atoms with Crippen molar-refractivity contribution >= 4 is 73.9 Å². The molecular formula is C31H28BrIN4O7S. The fraction of sp³-hybridized carbons (Fsp3) is 0.226. The highest BCUT2D eigenvalue weighted by atomic mass is 127. The maximum Gasteiger partial charge on any atom is 0.338 e. The van der Waals surface area contributed by atoms with Crippen LogP contribution in [0.2, 0.25) is 0 Å². The molecule has 2 aliphatic heterocycles. The molecule has 0 radical (unpaired) electrons. The number of hydrogen-bond acceptors (Lipinski definition) is 9. The average Bonchev–Trinajstić information content (AvgIpc) is 3.47. The van der Waals surface area contributed by atoms with Gasteiger partial charge in [-0.2, -0.15) is 5.10 Å². The number of halogens is 2. The molecule has 2 heterocycles. The molecule has 0 bridgehead atoms. The molecule has 2 aliphatic rings. The maximum absolute atomic E-state index is 12.8. The van der Waals surface area contributed by atoms with Crippen LogP contribution in [0, 0.1) is 3.57 Å². The summed E-state index contributed by atoms with van der Waals surface area (Å²) in [5.41, 5.74) is 5.75. The van der Waals surface area contributed by atoms with Gasteiger partial charge in [0.25, 0.3) is 5.91 Å². The Bertz CT molecular complexity index is 1680. The number of fused-ring (bicyclic) bond motifs is 1. The summed E-state index contributed by atoms with van der Waals surface area (Å²) < 4.78 is 29.6. The van der Waals surface area contributed by atoms with Gasteiger partial charge in [-0.25, -0.2) is 10.2 Å². The molecule has 234 valence electrons. The number of benzene rings is 3. The summed E-state index contributed by atoms with van der Waals surface area (Å²) in [7, 11) is 0. The number of hydrazone groups is 1. The van der Waals surface area contributed by atoms with Crippen LogP contribution in [0.15, 0.2) is 75.4 Å². The highest BCUT2D eigenvalue weighted by molar-refractivity contribution is 14.1. The third kappa shape index (κ3) is 8.04. The number of nitrogens with zero attached hydrogens (tertiary/aromatic N) is 1. The van der Waals surface area contributed by atoms with Crippen molar-refractivity contribution in [2.75, 3.05) is 20.0 Å². The summed E-state index contributed by atoms with van der Waals surface area (Å²) in [5.74, 6) is 1.56. The molecule has 3 N–H and O–H groups in total. The Morgan fingerprint density at radius 3 is 2.76 bits per heavy atom. The van der Waals surface area contributed by atoms with Crippen LogP contribution in [-0.4, -0.2) is 43.2 Å². The summed E-state index contributed by atoms with van der Waals surface area (Å²) in [4.78, 5) is 25.4. The largest absolute Gasteiger partial charge is 0.487 e. The molecule has 3 aromatic rings. The first kappa shape index (κ1) is 32.5. The Morgan fingerprint density at radius 1 is 1.16 bits per heavy atom. The van der Waals surface area contributed by atoms with Crippen LogP contribution in [0.25, 0.3) is 0 Å². The predicted octanol–water partition coefficient (Wildman–Crippen LogP) is 5.25. The van der Waals surface area contributed by atoms with Crippen LogP contribution in [0.4, 0.5) is 0 Å². The molecular weight excluding hydrogens is 779 g/mol. The molecule has 3 aromatic carbocycles. The highest BCUT2D eigenvalue weighted by Gasteiger charge is 2.32. The normalized spacial score (nSPS) is 15.4. The molecule has 11 nitrogen and oxygen atoms in total. The molecule has 0 saturated carbocycles. The van der Waals surface area contributed by atoms with Crippen molar-refractivity contribution in [2.24, 2.45) is 5.10 Å².